The molecule has 2 aliphatic rings. The van der Waals surface area contributed by atoms with Crippen LogP contribution in [0.2, 0.25) is 0 Å². The van der Waals surface area contributed by atoms with Crippen LogP contribution in [0.5, 0.6) is 0 Å². The van der Waals surface area contributed by atoms with E-state index in [-0.39, 0.29) is 17.3 Å². The molecule has 4 unspecified atom stereocenters. The fourth-order valence-corrected chi connectivity index (χ4v) is 6.70. The van der Waals surface area contributed by atoms with Crippen LogP contribution in [0.15, 0.2) is 48.9 Å². The first-order valence-corrected chi connectivity index (χ1v) is 14.2. The number of benzene rings is 1. The van der Waals surface area contributed by atoms with E-state index >= 15 is 8.78 Å². The summed E-state index contributed by atoms with van der Waals surface area (Å²) in [5.74, 6) is 0.390. The van der Waals surface area contributed by atoms with Gasteiger partial charge < -0.3 is 15.8 Å². The van der Waals surface area contributed by atoms with Crippen molar-refractivity contribution in [2.45, 2.75) is 69.9 Å². The van der Waals surface area contributed by atoms with Crippen molar-refractivity contribution in [3.63, 3.8) is 0 Å². The number of ether oxygens (including phenoxy) is 1. The molecule has 4 atom stereocenters. The number of hydrogen-bond acceptors (Lipinski definition) is 6. The van der Waals surface area contributed by atoms with E-state index in [2.05, 4.69) is 34.2 Å². The monoisotopic (exact) mass is 546 g/mol. The lowest BCUT2D eigenvalue weighted by Gasteiger charge is -2.37. The maximum atomic E-state index is 15.5. The Morgan fingerprint density at radius 1 is 1.05 bits per heavy atom. The Kier molecular flexibility index (Phi) is 7.04. The molecule has 2 fully saturated rings. The van der Waals surface area contributed by atoms with Crippen LogP contribution in [-0.4, -0.2) is 32.7 Å². The summed E-state index contributed by atoms with van der Waals surface area (Å²) in [6, 6.07) is 8.32. The van der Waals surface area contributed by atoms with Crippen molar-refractivity contribution < 1.29 is 13.5 Å². The molecule has 2 aliphatic carbocycles. The van der Waals surface area contributed by atoms with E-state index in [0.717, 1.165) is 49.8 Å². The molecule has 1 aromatic carbocycles. The van der Waals surface area contributed by atoms with Crippen LogP contribution >= 0.6 is 0 Å². The largest absolute Gasteiger partial charge is 0.374 e. The Morgan fingerprint density at radius 3 is 2.50 bits per heavy atom. The van der Waals surface area contributed by atoms with Gasteiger partial charge in [0.15, 0.2) is 0 Å². The predicted octanol–water partition coefficient (Wildman–Crippen LogP) is 6.71. The van der Waals surface area contributed by atoms with Crippen molar-refractivity contribution in [3.8, 4) is 11.3 Å². The van der Waals surface area contributed by atoms with E-state index in [1.807, 2.05) is 6.07 Å². The predicted molar refractivity (Wildman–Crippen MR) is 151 cm³/mol. The smallest absolute Gasteiger partial charge is 0.229 e. The molecule has 9 heteroatoms. The topological polar surface area (TPSA) is 90.4 Å². The first-order chi connectivity index (χ1) is 19.3. The second kappa shape index (κ2) is 10.5. The fourth-order valence-electron chi connectivity index (χ4n) is 6.70. The van der Waals surface area contributed by atoms with Crippen molar-refractivity contribution in [2.75, 3.05) is 12.4 Å². The number of hydrogen-bond donors (Lipinski definition) is 2. The maximum absolute atomic E-state index is 15.5. The molecule has 4 aromatic rings. The lowest BCUT2D eigenvalue weighted by molar-refractivity contribution is -0.00914. The van der Waals surface area contributed by atoms with E-state index in [1.54, 1.807) is 42.3 Å². The third-order valence-electron chi connectivity index (χ3n) is 9.34. The first-order valence-electron chi connectivity index (χ1n) is 14.2. The van der Waals surface area contributed by atoms with E-state index in [4.69, 9.17) is 10.5 Å². The molecule has 0 radical (unpaired) electrons. The lowest BCUT2D eigenvalue weighted by atomic mass is 9.71. The summed E-state index contributed by atoms with van der Waals surface area (Å²) in [7, 11) is 1.61. The number of halogens is 2. The molecule has 0 spiro atoms. The summed E-state index contributed by atoms with van der Waals surface area (Å²) in [4.78, 5) is 8.85. The van der Waals surface area contributed by atoms with Crippen LogP contribution in [0.3, 0.4) is 0 Å². The summed E-state index contributed by atoms with van der Waals surface area (Å²) in [6.07, 6.45) is 10.6. The standard InChI is InChI=1S/C31H36F2N6O/c1-18-12-20(13-26(34)19(18)2)23-8-11-35-17-28(23)37-30-36-16-22-6-7-27(38-39(22)30)29-24(32)14-21(15-25(29)33)31(40-3)9-4-5-10-31/h6-8,11,14-20,26H,4-5,9-10,12-13,34H2,1-3H3,(H,36,37). The van der Waals surface area contributed by atoms with Crippen molar-refractivity contribution in [2.24, 2.45) is 17.6 Å². The number of fused-ring (bicyclic) bond motifs is 1. The van der Waals surface area contributed by atoms with E-state index in [1.165, 1.54) is 12.1 Å². The normalized spacial score (nSPS) is 24.4. The summed E-state index contributed by atoms with van der Waals surface area (Å²) in [5.41, 5.74) is 9.03. The van der Waals surface area contributed by atoms with Gasteiger partial charge in [-0.3, -0.25) is 4.98 Å². The number of pyridine rings is 1. The summed E-state index contributed by atoms with van der Waals surface area (Å²) in [6.45, 7) is 4.48. The molecule has 0 amide bonds. The minimum atomic E-state index is -0.661. The second-order valence-electron chi connectivity index (χ2n) is 11.6. The molecule has 3 heterocycles. The number of anilines is 2. The zero-order valence-corrected chi connectivity index (χ0v) is 23.2. The third-order valence-corrected chi connectivity index (χ3v) is 9.34. The molecule has 7 nitrogen and oxygen atoms in total. The van der Waals surface area contributed by atoms with Crippen molar-refractivity contribution in [1.29, 1.82) is 0 Å². The average Bonchev–Trinajstić information content (AvgIpc) is 3.59. The van der Waals surface area contributed by atoms with Gasteiger partial charge in [0.1, 0.15) is 11.6 Å². The molecular formula is C31H36F2N6O. The fraction of sp³-hybridized carbons (Fsp3) is 0.452. The SMILES string of the molecule is COC1(c2cc(F)c(-c3ccc4cnc(Nc5cnccc5C5CC(C)C(C)C(N)C5)n4n3)c(F)c2)CCCC1. The summed E-state index contributed by atoms with van der Waals surface area (Å²) < 4.78 is 38.3. The van der Waals surface area contributed by atoms with Crippen molar-refractivity contribution >= 4 is 17.2 Å². The molecule has 210 valence electrons. The number of rotatable bonds is 6. The van der Waals surface area contributed by atoms with Gasteiger partial charge >= 0.3 is 0 Å². The van der Waals surface area contributed by atoms with Crippen molar-refractivity contribution in [1.82, 2.24) is 19.6 Å². The van der Waals surface area contributed by atoms with E-state index in [9.17, 15) is 0 Å². The number of nitrogens with zero attached hydrogens (tertiary/aromatic N) is 4. The molecule has 2 saturated carbocycles. The number of nitrogens with two attached hydrogens (primary N) is 1. The molecular weight excluding hydrogens is 510 g/mol. The average molecular weight is 547 g/mol. The van der Waals surface area contributed by atoms with Gasteiger partial charge in [-0.05, 0) is 84.9 Å². The highest BCUT2D eigenvalue weighted by Crippen LogP contribution is 2.44. The van der Waals surface area contributed by atoms with Gasteiger partial charge in [0, 0.05) is 19.3 Å². The molecule has 0 saturated heterocycles. The highest BCUT2D eigenvalue weighted by Gasteiger charge is 2.37. The molecule has 3 aromatic heterocycles. The van der Waals surface area contributed by atoms with E-state index < -0.39 is 17.2 Å². The van der Waals surface area contributed by atoms with E-state index in [0.29, 0.717) is 34.8 Å². The zero-order valence-electron chi connectivity index (χ0n) is 23.2. The number of imidazole rings is 1. The highest BCUT2D eigenvalue weighted by atomic mass is 19.1. The minimum absolute atomic E-state index is 0.134. The van der Waals surface area contributed by atoms with Crippen LogP contribution in [-0.2, 0) is 10.3 Å². The Bertz CT molecular complexity index is 1500. The number of nitrogens with one attached hydrogen (secondary N) is 1. The highest BCUT2D eigenvalue weighted by molar-refractivity contribution is 5.66. The minimum Gasteiger partial charge on any atom is -0.374 e. The van der Waals surface area contributed by atoms with Crippen LogP contribution in [0.25, 0.3) is 16.8 Å². The van der Waals surface area contributed by atoms with Crippen LogP contribution < -0.4 is 11.1 Å². The zero-order chi connectivity index (χ0) is 28.0. The Labute approximate surface area is 233 Å². The lowest BCUT2D eigenvalue weighted by Crippen LogP contribution is -2.39. The molecule has 0 bridgehead atoms. The van der Waals surface area contributed by atoms with Crippen LogP contribution in [0, 0.1) is 23.5 Å². The van der Waals surface area contributed by atoms with Gasteiger partial charge in [0.05, 0.1) is 40.5 Å². The van der Waals surface area contributed by atoms with Crippen LogP contribution in [0.4, 0.5) is 20.4 Å². The van der Waals surface area contributed by atoms with Gasteiger partial charge in [0.2, 0.25) is 5.95 Å². The van der Waals surface area contributed by atoms with Gasteiger partial charge in [-0.2, -0.15) is 9.61 Å². The summed E-state index contributed by atoms with van der Waals surface area (Å²) >= 11 is 0. The first kappa shape index (κ1) is 26.8. The molecule has 6 rings (SSSR count). The van der Waals surface area contributed by atoms with Gasteiger partial charge in [-0.25, -0.2) is 13.8 Å². The molecule has 40 heavy (non-hydrogen) atoms. The molecule has 3 N–H and O–H groups in total. The Morgan fingerprint density at radius 2 is 1.80 bits per heavy atom. The van der Waals surface area contributed by atoms with Crippen molar-refractivity contribution in [3.05, 3.63) is 71.7 Å². The maximum Gasteiger partial charge on any atom is 0.229 e. The molecule has 0 aliphatic heterocycles. The van der Waals surface area contributed by atoms with Gasteiger partial charge in [0.25, 0.3) is 0 Å². The summed E-state index contributed by atoms with van der Waals surface area (Å²) in [5, 5.41) is 7.99. The number of aromatic nitrogens is 4. The second-order valence-corrected chi connectivity index (χ2v) is 11.6. The Hall–Kier alpha value is -3.43. The number of methoxy groups -OCH3 is 1. The van der Waals surface area contributed by atoms with Crippen LogP contribution in [0.1, 0.15) is 69.4 Å². The quantitative estimate of drug-likeness (QED) is 0.280. The third kappa shape index (κ3) is 4.65. The van der Waals surface area contributed by atoms with Gasteiger partial charge in [-0.15, -0.1) is 0 Å². The Balaban J connectivity index is 1.34. The van der Waals surface area contributed by atoms with Gasteiger partial charge in [-0.1, -0.05) is 26.7 Å².